The topological polar surface area (TPSA) is 59.6 Å². The number of ether oxygens (including phenoxy) is 2. The molecule has 2 amide bonds. The molecule has 5 heteroatoms. The van der Waals surface area contributed by atoms with Crippen LogP contribution in [0.4, 0.5) is 4.79 Å². The van der Waals surface area contributed by atoms with E-state index in [0.717, 1.165) is 77.7 Å². The average molecular weight is 360 g/mol. The number of carbonyl (C=O) groups excluding carboxylic acids is 1. The largest absolute Gasteiger partial charge is 0.381 e. The minimum absolute atomic E-state index is 0.0397. The first kappa shape index (κ1) is 19.2. The van der Waals surface area contributed by atoms with Gasteiger partial charge in [0, 0.05) is 32.4 Å². The highest BCUT2D eigenvalue weighted by Gasteiger charge is 2.39. The zero-order valence-electron chi connectivity index (χ0n) is 15.7. The summed E-state index contributed by atoms with van der Waals surface area (Å²) < 4.78 is 11.5. The first-order chi connectivity index (χ1) is 12.8. The van der Waals surface area contributed by atoms with Crippen molar-refractivity contribution < 1.29 is 14.3 Å². The van der Waals surface area contributed by atoms with E-state index in [4.69, 9.17) is 9.47 Å². The molecule has 26 heavy (non-hydrogen) atoms. The maximum absolute atomic E-state index is 12.1. The predicted octanol–water partition coefficient (Wildman–Crippen LogP) is 3.43. The van der Waals surface area contributed by atoms with Crippen LogP contribution in [0.1, 0.15) is 50.5 Å². The third-order valence-electron chi connectivity index (χ3n) is 5.50. The van der Waals surface area contributed by atoms with Crippen LogP contribution in [0, 0.1) is 0 Å². The summed E-state index contributed by atoms with van der Waals surface area (Å²) in [6, 6.07) is 10.7. The lowest BCUT2D eigenvalue weighted by atomic mass is 9.84. The van der Waals surface area contributed by atoms with Crippen LogP contribution in [0.3, 0.4) is 0 Å². The normalized spacial score (nSPS) is 22.1. The van der Waals surface area contributed by atoms with E-state index in [1.54, 1.807) is 0 Å². The third kappa shape index (κ3) is 5.99. The minimum Gasteiger partial charge on any atom is -0.381 e. The zero-order valence-corrected chi connectivity index (χ0v) is 15.7. The number of rotatable bonds is 7. The van der Waals surface area contributed by atoms with Gasteiger partial charge in [0.05, 0.1) is 5.60 Å². The number of amides is 2. The second-order valence-electron chi connectivity index (χ2n) is 7.53. The van der Waals surface area contributed by atoms with Gasteiger partial charge in [-0.25, -0.2) is 4.79 Å². The van der Waals surface area contributed by atoms with Gasteiger partial charge in [0.15, 0.2) is 0 Å². The molecule has 1 unspecified atom stereocenters. The second-order valence-corrected chi connectivity index (χ2v) is 7.53. The molecule has 0 radical (unpaired) electrons. The highest BCUT2D eigenvalue weighted by Crippen LogP contribution is 2.34. The second kappa shape index (κ2) is 9.93. The summed E-state index contributed by atoms with van der Waals surface area (Å²) in [5, 5.41) is 6.14. The van der Waals surface area contributed by atoms with Gasteiger partial charge in [-0.2, -0.15) is 0 Å². The lowest BCUT2D eigenvalue weighted by Gasteiger charge is -2.43. The molecule has 2 aliphatic heterocycles. The highest BCUT2D eigenvalue weighted by atomic mass is 16.5. The van der Waals surface area contributed by atoms with Gasteiger partial charge in [-0.15, -0.1) is 0 Å². The van der Waals surface area contributed by atoms with Crippen molar-refractivity contribution in [3.05, 3.63) is 35.9 Å². The molecule has 1 aromatic rings. The number of nitrogens with one attached hydrogen (secondary N) is 2. The number of benzene rings is 1. The van der Waals surface area contributed by atoms with E-state index in [9.17, 15) is 4.79 Å². The van der Waals surface area contributed by atoms with Gasteiger partial charge in [0.25, 0.3) is 0 Å². The van der Waals surface area contributed by atoms with E-state index < -0.39 is 0 Å². The summed E-state index contributed by atoms with van der Waals surface area (Å²) in [6.07, 6.45) is 8.11. The SMILES string of the molecule is O=C(NCCCCCc1ccccc1)NC1CCOC2(CCOCC2)C1. The van der Waals surface area contributed by atoms with Gasteiger partial charge >= 0.3 is 6.03 Å². The Morgan fingerprint density at radius 1 is 1.08 bits per heavy atom. The standard InChI is InChI=1S/C21H32N2O3/c24-20(22-13-6-2-5-9-18-7-3-1-4-8-18)23-19-10-14-26-21(17-19)11-15-25-16-12-21/h1,3-4,7-8,19H,2,5-6,9-17H2,(H2,22,23,24). The van der Waals surface area contributed by atoms with E-state index in [2.05, 4.69) is 34.9 Å². The molecule has 2 fully saturated rings. The van der Waals surface area contributed by atoms with Gasteiger partial charge in [-0.1, -0.05) is 36.8 Å². The summed E-state index contributed by atoms with van der Waals surface area (Å²) in [5.41, 5.74) is 1.31. The molecule has 1 atom stereocenters. The van der Waals surface area contributed by atoms with Crippen LogP contribution in [0.2, 0.25) is 0 Å². The molecule has 0 saturated carbocycles. The van der Waals surface area contributed by atoms with Crippen molar-refractivity contribution in [1.82, 2.24) is 10.6 Å². The Hall–Kier alpha value is -1.59. The fourth-order valence-electron chi connectivity index (χ4n) is 3.96. The molecule has 0 aromatic heterocycles. The molecule has 1 aromatic carbocycles. The first-order valence-electron chi connectivity index (χ1n) is 10.1. The molecule has 0 bridgehead atoms. The van der Waals surface area contributed by atoms with E-state index in [1.807, 2.05) is 6.07 Å². The number of hydrogen-bond donors (Lipinski definition) is 2. The molecule has 2 aliphatic rings. The molecule has 1 spiro atoms. The van der Waals surface area contributed by atoms with Crippen molar-refractivity contribution in [3.63, 3.8) is 0 Å². The van der Waals surface area contributed by atoms with Crippen LogP contribution < -0.4 is 10.6 Å². The number of aryl methyl sites for hydroxylation is 1. The van der Waals surface area contributed by atoms with Crippen molar-refractivity contribution >= 4 is 6.03 Å². The summed E-state index contributed by atoms with van der Waals surface area (Å²) in [6.45, 7) is 3.00. The molecular weight excluding hydrogens is 328 g/mol. The monoisotopic (exact) mass is 360 g/mol. The summed E-state index contributed by atoms with van der Waals surface area (Å²) >= 11 is 0. The van der Waals surface area contributed by atoms with Crippen LogP contribution in [-0.2, 0) is 15.9 Å². The van der Waals surface area contributed by atoms with Gasteiger partial charge in [-0.05, 0) is 50.5 Å². The lowest BCUT2D eigenvalue weighted by Crippen LogP contribution is -2.52. The average Bonchev–Trinajstić information content (AvgIpc) is 2.66. The van der Waals surface area contributed by atoms with Gasteiger partial charge in [0.1, 0.15) is 0 Å². The Labute approximate surface area is 156 Å². The van der Waals surface area contributed by atoms with Crippen molar-refractivity contribution in [2.75, 3.05) is 26.4 Å². The Morgan fingerprint density at radius 3 is 2.69 bits per heavy atom. The Bertz CT molecular complexity index is 538. The molecular formula is C21H32N2O3. The number of hydrogen-bond acceptors (Lipinski definition) is 3. The lowest BCUT2D eigenvalue weighted by molar-refractivity contribution is -0.139. The van der Waals surface area contributed by atoms with Crippen molar-refractivity contribution in [2.45, 2.75) is 63.0 Å². The Kier molecular flexibility index (Phi) is 7.32. The third-order valence-corrected chi connectivity index (χ3v) is 5.50. The van der Waals surface area contributed by atoms with Crippen molar-refractivity contribution in [1.29, 1.82) is 0 Å². The van der Waals surface area contributed by atoms with E-state index >= 15 is 0 Å². The van der Waals surface area contributed by atoms with Gasteiger partial charge < -0.3 is 20.1 Å². The molecule has 3 rings (SSSR count). The van der Waals surface area contributed by atoms with Gasteiger partial charge in [-0.3, -0.25) is 0 Å². The van der Waals surface area contributed by atoms with Crippen LogP contribution >= 0.6 is 0 Å². The first-order valence-corrected chi connectivity index (χ1v) is 10.1. The maximum Gasteiger partial charge on any atom is 0.315 e. The summed E-state index contributed by atoms with van der Waals surface area (Å²) in [7, 11) is 0. The number of urea groups is 1. The molecule has 0 aliphatic carbocycles. The molecule has 2 saturated heterocycles. The minimum atomic E-state index is -0.0775. The molecule has 144 valence electrons. The maximum atomic E-state index is 12.1. The Balaban J connectivity index is 1.27. The van der Waals surface area contributed by atoms with Crippen molar-refractivity contribution in [2.24, 2.45) is 0 Å². The molecule has 2 heterocycles. The summed E-state index contributed by atoms with van der Waals surface area (Å²) in [4.78, 5) is 12.1. The molecule has 2 N–H and O–H groups in total. The highest BCUT2D eigenvalue weighted by molar-refractivity contribution is 5.74. The number of carbonyl (C=O) groups is 1. The van der Waals surface area contributed by atoms with Gasteiger partial charge in [0.2, 0.25) is 0 Å². The van der Waals surface area contributed by atoms with E-state index in [1.165, 1.54) is 5.56 Å². The van der Waals surface area contributed by atoms with Crippen LogP contribution in [0.15, 0.2) is 30.3 Å². The molecule has 5 nitrogen and oxygen atoms in total. The number of unbranched alkanes of at least 4 members (excludes halogenated alkanes) is 2. The zero-order chi connectivity index (χ0) is 18.1. The fraction of sp³-hybridized carbons (Fsp3) is 0.667. The fourth-order valence-corrected chi connectivity index (χ4v) is 3.96. The van der Waals surface area contributed by atoms with Crippen LogP contribution in [0.25, 0.3) is 0 Å². The van der Waals surface area contributed by atoms with E-state index in [-0.39, 0.29) is 17.7 Å². The quantitative estimate of drug-likeness (QED) is 0.733. The predicted molar refractivity (Wildman–Crippen MR) is 102 cm³/mol. The van der Waals surface area contributed by atoms with Crippen molar-refractivity contribution in [3.8, 4) is 0 Å². The van der Waals surface area contributed by atoms with Crippen LogP contribution in [-0.4, -0.2) is 44.0 Å². The summed E-state index contributed by atoms with van der Waals surface area (Å²) in [5.74, 6) is 0. The van der Waals surface area contributed by atoms with Crippen LogP contribution in [0.5, 0.6) is 0 Å². The van der Waals surface area contributed by atoms with E-state index in [0.29, 0.717) is 0 Å². The smallest absolute Gasteiger partial charge is 0.315 e. The Morgan fingerprint density at radius 2 is 1.88 bits per heavy atom.